The van der Waals surface area contributed by atoms with Crippen LogP contribution in [-0.4, -0.2) is 45.4 Å². The number of carbonyl (C=O) groups is 3. The number of aryl methyl sites for hydroxylation is 1. The second-order valence-corrected chi connectivity index (χ2v) is 9.83. The summed E-state index contributed by atoms with van der Waals surface area (Å²) in [5, 5.41) is 14.0. The quantitative estimate of drug-likeness (QED) is 0.345. The Balaban J connectivity index is 1.71. The second-order valence-electron chi connectivity index (χ2n) is 6.87. The van der Waals surface area contributed by atoms with Crippen molar-refractivity contribution in [1.29, 1.82) is 0 Å². The molecule has 2 amide bonds. The molecule has 0 bridgehead atoms. The van der Waals surface area contributed by atoms with Gasteiger partial charge in [0.25, 0.3) is 5.91 Å². The molecule has 3 N–H and O–H groups in total. The van der Waals surface area contributed by atoms with Crippen LogP contribution in [0, 0.1) is 6.92 Å². The maximum Gasteiger partial charge on any atom is 0.341 e. The number of esters is 1. The first kappa shape index (κ1) is 24.0. The van der Waals surface area contributed by atoms with Gasteiger partial charge in [0, 0.05) is 22.9 Å². The van der Waals surface area contributed by atoms with Gasteiger partial charge in [0.1, 0.15) is 5.00 Å². The van der Waals surface area contributed by atoms with E-state index in [1.54, 1.807) is 18.3 Å². The molecule has 3 aromatic rings. The Morgan fingerprint density at radius 1 is 1.31 bits per heavy atom. The SMILES string of the molecule is CCCc1cc(-c2nnc(SCC(=O)Nc3sc(C(N)=O)c(C)c3C(=O)OC)n2C)cs1. The molecule has 0 fully saturated rings. The Kier molecular flexibility index (Phi) is 7.69. The van der Waals surface area contributed by atoms with Gasteiger partial charge in [0.15, 0.2) is 11.0 Å². The highest BCUT2D eigenvalue weighted by atomic mass is 32.2. The number of anilines is 1. The predicted molar refractivity (Wildman–Crippen MR) is 127 cm³/mol. The van der Waals surface area contributed by atoms with Gasteiger partial charge < -0.3 is 20.4 Å². The molecule has 9 nitrogen and oxygen atoms in total. The van der Waals surface area contributed by atoms with Crippen LogP contribution >= 0.6 is 34.4 Å². The van der Waals surface area contributed by atoms with E-state index in [-0.39, 0.29) is 27.1 Å². The third-order valence-electron chi connectivity index (χ3n) is 4.59. The van der Waals surface area contributed by atoms with Crippen molar-refractivity contribution < 1.29 is 19.1 Å². The van der Waals surface area contributed by atoms with Gasteiger partial charge in [-0.15, -0.1) is 32.9 Å². The predicted octanol–water partition coefficient (Wildman–Crippen LogP) is 3.48. The number of thioether (sulfide) groups is 1. The molecule has 0 aliphatic rings. The number of hydrogen-bond acceptors (Lipinski definition) is 9. The van der Waals surface area contributed by atoms with E-state index >= 15 is 0 Å². The molecule has 0 spiro atoms. The molecule has 0 radical (unpaired) electrons. The van der Waals surface area contributed by atoms with Gasteiger partial charge in [-0.3, -0.25) is 9.59 Å². The lowest BCUT2D eigenvalue weighted by Crippen LogP contribution is -2.16. The topological polar surface area (TPSA) is 129 Å². The van der Waals surface area contributed by atoms with E-state index in [1.165, 1.54) is 23.7 Å². The highest BCUT2D eigenvalue weighted by Gasteiger charge is 2.25. The van der Waals surface area contributed by atoms with Gasteiger partial charge in [0.05, 0.1) is 23.3 Å². The molecular weight excluding hydrogens is 470 g/mol. The second kappa shape index (κ2) is 10.3. The molecule has 0 aliphatic carbocycles. The molecule has 3 heterocycles. The monoisotopic (exact) mass is 493 g/mol. The van der Waals surface area contributed by atoms with Crippen molar-refractivity contribution in [2.75, 3.05) is 18.2 Å². The van der Waals surface area contributed by atoms with Gasteiger partial charge >= 0.3 is 5.97 Å². The molecule has 3 rings (SSSR count). The van der Waals surface area contributed by atoms with Crippen LogP contribution in [0.3, 0.4) is 0 Å². The van der Waals surface area contributed by atoms with Gasteiger partial charge in [-0.05, 0) is 25.0 Å². The molecule has 0 saturated carbocycles. The van der Waals surface area contributed by atoms with Gasteiger partial charge in [-0.1, -0.05) is 25.1 Å². The molecule has 0 saturated heterocycles. The first-order chi connectivity index (χ1) is 15.3. The fourth-order valence-corrected chi connectivity index (χ4v) is 5.79. The number of primary amides is 1. The molecule has 0 atom stereocenters. The zero-order valence-corrected chi connectivity index (χ0v) is 20.5. The first-order valence-corrected chi connectivity index (χ1v) is 12.4. The van der Waals surface area contributed by atoms with Crippen molar-refractivity contribution in [2.24, 2.45) is 12.8 Å². The minimum Gasteiger partial charge on any atom is -0.465 e. The Morgan fingerprint density at radius 3 is 2.72 bits per heavy atom. The Hall–Kier alpha value is -2.70. The number of carbonyl (C=O) groups excluding carboxylic acids is 3. The largest absolute Gasteiger partial charge is 0.465 e. The summed E-state index contributed by atoms with van der Waals surface area (Å²) in [7, 11) is 3.08. The van der Waals surface area contributed by atoms with Crippen molar-refractivity contribution in [3.8, 4) is 11.4 Å². The van der Waals surface area contributed by atoms with Gasteiger partial charge in [-0.25, -0.2) is 4.79 Å². The van der Waals surface area contributed by atoms with Crippen LogP contribution in [0.15, 0.2) is 16.6 Å². The highest BCUT2D eigenvalue weighted by molar-refractivity contribution is 7.99. The van der Waals surface area contributed by atoms with E-state index in [0.717, 1.165) is 35.6 Å². The van der Waals surface area contributed by atoms with E-state index in [4.69, 9.17) is 10.5 Å². The van der Waals surface area contributed by atoms with Crippen molar-refractivity contribution in [3.05, 3.63) is 32.3 Å². The molecular formula is C20H23N5O4S3. The maximum atomic E-state index is 12.6. The fraction of sp³-hybridized carbons (Fsp3) is 0.350. The summed E-state index contributed by atoms with van der Waals surface area (Å²) in [6.45, 7) is 3.73. The van der Waals surface area contributed by atoms with Crippen molar-refractivity contribution in [2.45, 2.75) is 31.8 Å². The zero-order valence-electron chi connectivity index (χ0n) is 18.1. The van der Waals surface area contributed by atoms with Crippen molar-refractivity contribution in [1.82, 2.24) is 14.8 Å². The standard InChI is InChI=1S/C20H23N5O4S3/c1-5-6-12-7-11(8-30-12)17-23-24-20(25(17)3)31-9-13(26)22-18-14(19(28)29-4)10(2)15(32-18)16(21)27/h7-8H,5-6,9H2,1-4H3,(H2,21,27)(H,22,26). The number of ether oxygens (including phenoxy) is 1. The molecule has 32 heavy (non-hydrogen) atoms. The molecule has 0 aliphatic heterocycles. The van der Waals surface area contributed by atoms with Crippen LogP contribution < -0.4 is 11.1 Å². The first-order valence-electron chi connectivity index (χ1n) is 9.68. The van der Waals surface area contributed by atoms with Crippen molar-refractivity contribution >= 4 is 57.2 Å². The lowest BCUT2D eigenvalue weighted by Gasteiger charge is -2.06. The molecule has 0 unspecified atom stereocenters. The molecule has 170 valence electrons. The number of nitrogens with one attached hydrogen (secondary N) is 1. The van der Waals surface area contributed by atoms with Crippen LogP contribution in [-0.2, 0) is 23.0 Å². The third kappa shape index (κ3) is 5.03. The van der Waals surface area contributed by atoms with E-state index in [2.05, 4.69) is 33.9 Å². The van der Waals surface area contributed by atoms with Crippen LogP contribution in [0.5, 0.6) is 0 Å². The Bertz CT molecular complexity index is 1160. The molecule has 0 aromatic carbocycles. The summed E-state index contributed by atoms with van der Waals surface area (Å²) in [6, 6.07) is 2.11. The van der Waals surface area contributed by atoms with E-state index in [1.807, 2.05) is 11.6 Å². The summed E-state index contributed by atoms with van der Waals surface area (Å²) >= 11 is 3.87. The van der Waals surface area contributed by atoms with Crippen LogP contribution in [0.4, 0.5) is 5.00 Å². The van der Waals surface area contributed by atoms with Gasteiger partial charge in [0.2, 0.25) is 5.91 Å². The number of nitrogens with two attached hydrogens (primary N) is 1. The summed E-state index contributed by atoms with van der Waals surface area (Å²) < 4.78 is 6.62. The minimum absolute atomic E-state index is 0.0418. The van der Waals surface area contributed by atoms with E-state index in [9.17, 15) is 14.4 Å². The minimum atomic E-state index is -0.672. The Labute approximate surface area is 197 Å². The normalized spacial score (nSPS) is 10.9. The number of thiophene rings is 2. The number of methoxy groups -OCH3 is 1. The lowest BCUT2D eigenvalue weighted by atomic mass is 10.1. The number of hydrogen-bond donors (Lipinski definition) is 2. The molecule has 3 aromatic heterocycles. The number of nitrogens with zero attached hydrogens (tertiary/aromatic N) is 3. The lowest BCUT2D eigenvalue weighted by molar-refractivity contribution is -0.113. The number of aromatic nitrogens is 3. The average molecular weight is 494 g/mol. The van der Waals surface area contributed by atoms with E-state index < -0.39 is 11.9 Å². The maximum absolute atomic E-state index is 12.6. The Morgan fingerprint density at radius 2 is 2.06 bits per heavy atom. The summed E-state index contributed by atoms with van der Waals surface area (Å²) in [5.74, 6) is -0.901. The van der Waals surface area contributed by atoms with E-state index in [0.29, 0.717) is 10.7 Å². The summed E-state index contributed by atoms with van der Waals surface area (Å²) in [4.78, 5) is 37.8. The number of rotatable bonds is 9. The van der Waals surface area contributed by atoms with Crippen LogP contribution in [0.25, 0.3) is 11.4 Å². The zero-order chi connectivity index (χ0) is 23.4. The number of amides is 2. The third-order valence-corrected chi connectivity index (χ3v) is 7.83. The van der Waals surface area contributed by atoms with Crippen LogP contribution in [0.2, 0.25) is 0 Å². The van der Waals surface area contributed by atoms with Crippen molar-refractivity contribution in [3.63, 3.8) is 0 Å². The smallest absolute Gasteiger partial charge is 0.341 e. The highest BCUT2D eigenvalue weighted by Crippen LogP contribution is 2.34. The summed E-state index contributed by atoms with van der Waals surface area (Å²) in [5.41, 5.74) is 6.89. The van der Waals surface area contributed by atoms with Gasteiger partial charge in [-0.2, -0.15) is 0 Å². The summed E-state index contributed by atoms with van der Waals surface area (Å²) in [6.07, 6.45) is 2.11. The molecule has 12 heteroatoms. The fourth-order valence-electron chi connectivity index (χ4n) is 3.04. The average Bonchev–Trinajstić information content (AvgIpc) is 3.44. The van der Waals surface area contributed by atoms with Crippen LogP contribution in [0.1, 0.15) is 43.8 Å².